The van der Waals surface area contributed by atoms with Gasteiger partial charge in [0.25, 0.3) is 11.5 Å². The van der Waals surface area contributed by atoms with Crippen LogP contribution in [-0.2, 0) is 0 Å². The van der Waals surface area contributed by atoms with E-state index in [2.05, 4.69) is 10.3 Å². The van der Waals surface area contributed by atoms with Gasteiger partial charge in [-0.3, -0.25) is 9.59 Å². The highest BCUT2D eigenvalue weighted by atomic mass is 16.3. The quantitative estimate of drug-likeness (QED) is 0.679. The third kappa shape index (κ3) is 2.98. The van der Waals surface area contributed by atoms with Gasteiger partial charge in [-0.25, -0.2) is 0 Å². The molecule has 2 rings (SSSR count). The highest BCUT2D eigenvalue weighted by Crippen LogP contribution is 2.18. The van der Waals surface area contributed by atoms with Gasteiger partial charge >= 0.3 is 0 Å². The van der Waals surface area contributed by atoms with Crippen molar-refractivity contribution in [1.29, 1.82) is 0 Å². The first kappa shape index (κ1) is 12.8. The maximum atomic E-state index is 11.9. The van der Waals surface area contributed by atoms with E-state index in [4.69, 9.17) is 0 Å². The minimum Gasteiger partial charge on any atom is -0.391 e. The van der Waals surface area contributed by atoms with E-state index in [1.165, 1.54) is 12.3 Å². The molecule has 2 unspecified atom stereocenters. The van der Waals surface area contributed by atoms with Gasteiger partial charge in [-0.2, -0.15) is 0 Å². The number of amides is 1. The maximum absolute atomic E-state index is 11.9. The van der Waals surface area contributed by atoms with E-state index in [0.29, 0.717) is 6.42 Å². The second kappa shape index (κ2) is 5.82. The highest BCUT2D eigenvalue weighted by molar-refractivity contribution is 5.93. The lowest BCUT2D eigenvalue weighted by molar-refractivity contribution is 0.0817. The molecule has 0 radical (unpaired) electrons. The number of nitrogens with one attached hydrogen (secondary N) is 2. The summed E-state index contributed by atoms with van der Waals surface area (Å²) in [5, 5.41) is 12.7. The van der Waals surface area contributed by atoms with Crippen LogP contribution in [0.2, 0.25) is 0 Å². The topological polar surface area (TPSA) is 82.2 Å². The van der Waals surface area contributed by atoms with Crippen molar-refractivity contribution >= 4 is 5.91 Å². The van der Waals surface area contributed by atoms with Crippen molar-refractivity contribution in [2.75, 3.05) is 0 Å². The zero-order valence-corrected chi connectivity index (χ0v) is 10.2. The molecular formula is C13H18N2O3. The normalized spacial score (nSPS) is 24.3. The lowest BCUT2D eigenvalue weighted by atomic mass is 10.1. The van der Waals surface area contributed by atoms with Gasteiger partial charge in [0.05, 0.1) is 12.1 Å². The molecule has 1 aromatic heterocycles. The SMILES string of the molecule is O=C(NC1CCCCCC1O)c1ccc[nH]c1=O. The molecule has 2 atom stereocenters. The van der Waals surface area contributed by atoms with E-state index in [9.17, 15) is 14.7 Å². The van der Waals surface area contributed by atoms with Crippen LogP contribution in [0.4, 0.5) is 0 Å². The van der Waals surface area contributed by atoms with Crippen LogP contribution in [0, 0.1) is 0 Å². The number of aliphatic hydroxyl groups is 1. The molecule has 1 aliphatic carbocycles. The molecule has 0 spiro atoms. The summed E-state index contributed by atoms with van der Waals surface area (Å²) in [4.78, 5) is 25.9. The fourth-order valence-corrected chi connectivity index (χ4v) is 2.30. The van der Waals surface area contributed by atoms with Gasteiger partial charge in [0.2, 0.25) is 0 Å². The number of aromatic amines is 1. The molecule has 18 heavy (non-hydrogen) atoms. The number of hydrogen-bond donors (Lipinski definition) is 3. The smallest absolute Gasteiger partial charge is 0.260 e. The van der Waals surface area contributed by atoms with Crippen LogP contribution >= 0.6 is 0 Å². The number of H-pyrrole nitrogens is 1. The number of carbonyl (C=O) groups is 1. The fourth-order valence-electron chi connectivity index (χ4n) is 2.30. The average Bonchev–Trinajstić information content (AvgIpc) is 2.55. The molecular weight excluding hydrogens is 232 g/mol. The van der Waals surface area contributed by atoms with Crippen molar-refractivity contribution in [2.45, 2.75) is 44.2 Å². The standard InChI is InChI=1S/C13H18N2O3/c16-11-7-3-1-2-6-10(11)15-13(18)9-5-4-8-14-12(9)17/h4-5,8,10-11,16H,1-3,6-7H2,(H,14,17)(H,15,18). The second-order valence-electron chi connectivity index (χ2n) is 4.70. The molecule has 1 aromatic rings. The van der Waals surface area contributed by atoms with E-state index in [0.717, 1.165) is 25.7 Å². The molecule has 0 aliphatic heterocycles. The first-order valence-corrected chi connectivity index (χ1v) is 6.35. The largest absolute Gasteiger partial charge is 0.391 e. The molecule has 0 bridgehead atoms. The Hall–Kier alpha value is -1.62. The van der Waals surface area contributed by atoms with Crippen molar-refractivity contribution in [2.24, 2.45) is 0 Å². The molecule has 1 fully saturated rings. The summed E-state index contributed by atoms with van der Waals surface area (Å²) in [6.07, 6.45) is 5.49. The van der Waals surface area contributed by atoms with Crippen LogP contribution in [0.5, 0.6) is 0 Å². The van der Waals surface area contributed by atoms with Gasteiger partial charge in [0, 0.05) is 6.20 Å². The van der Waals surface area contributed by atoms with Crippen molar-refractivity contribution in [3.05, 3.63) is 34.2 Å². The van der Waals surface area contributed by atoms with Gasteiger partial charge in [-0.15, -0.1) is 0 Å². The zero-order valence-electron chi connectivity index (χ0n) is 10.2. The maximum Gasteiger partial charge on any atom is 0.260 e. The van der Waals surface area contributed by atoms with E-state index in [-0.39, 0.29) is 11.6 Å². The lowest BCUT2D eigenvalue weighted by Crippen LogP contribution is -2.44. The predicted molar refractivity (Wildman–Crippen MR) is 67.4 cm³/mol. The first-order chi connectivity index (χ1) is 8.68. The van der Waals surface area contributed by atoms with Gasteiger partial charge in [-0.1, -0.05) is 19.3 Å². The van der Waals surface area contributed by atoms with Crippen LogP contribution in [0.15, 0.2) is 23.1 Å². The Morgan fingerprint density at radius 3 is 2.89 bits per heavy atom. The Balaban J connectivity index is 2.06. The Morgan fingerprint density at radius 2 is 2.11 bits per heavy atom. The Kier molecular flexibility index (Phi) is 4.15. The number of rotatable bonds is 2. The van der Waals surface area contributed by atoms with E-state index >= 15 is 0 Å². The van der Waals surface area contributed by atoms with Crippen LogP contribution < -0.4 is 10.9 Å². The molecule has 1 aliphatic rings. The molecule has 3 N–H and O–H groups in total. The monoisotopic (exact) mass is 250 g/mol. The Morgan fingerprint density at radius 1 is 1.33 bits per heavy atom. The molecule has 1 amide bonds. The third-order valence-electron chi connectivity index (χ3n) is 3.36. The van der Waals surface area contributed by atoms with Crippen LogP contribution in [0.3, 0.4) is 0 Å². The number of pyridine rings is 1. The summed E-state index contributed by atoms with van der Waals surface area (Å²) in [6.45, 7) is 0. The minimum absolute atomic E-state index is 0.0916. The lowest BCUT2D eigenvalue weighted by Gasteiger charge is -2.21. The van der Waals surface area contributed by atoms with Crippen molar-refractivity contribution in [3.63, 3.8) is 0 Å². The molecule has 0 saturated heterocycles. The highest BCUT2D eigenvalue weighted by Gasteiger charge is 2.24. The number of aromatic nitrogens is 1. The van der Waals surface area contributed by atoms with Crippen LogP contribution in [0.25, 0.3) is 0 Å². The third-order valence-corrected chi connectivity index (χ3v) is 3.36. The molecule has 1 saturated carbocycles. The second-order valence-corrected chi connectivity index (χ2v) is 4.70. The van der Waals surface area contributed by atoms with E-state index < -0.39 is 17.6 Å². The van der Waals surface area contributed by atoms with Gasteiger partial charge in [0.1, 0.15) is 5.56 Å². The predicted octanol–water partition coefficient (Wildman–Crippen LogP) is 0.798. The van der Waals surface area contributed by atoms with Crippen molar-refractivity contribution in [3.8, 4) is 0 Å². The summed E-state index contributed by atoms with van der Waals surface area (Å²) < 4.78 is 0. The van der Waals surface area contributed by atoms with Crippen LogP contribution in [-0.4, -0.2) is 28.1 Å². The molecule has 1 heterocycles. The number of carbonyl (C=O) groups excluding carboxylic acids is 1. The number of hydrogen-bond acceptors (Lipinski definition) is 3. The van der Waals surface area contributed by atoms with Crippen molar-refractivity contribution in [1.82, 2.24) is 10.3 Å². The molecule has 5 heteroatoms. The van der Waals surface area contributed by atoms with E-state index in [1.807, 2.05) is 0 Å². The zero-order chi connectivity index (χ0) is 13.0. The van der Waals surface area contributed by atoms with Crippen molar-refractivity contribution < 1.29 is 9.90 Å². The van der Waals surface area contributed by atoms with E-state index in [1.54, 1.807) is 6.07 Å². The number of aliphatic hydroxyl groups excluding tert-OH is 1. The first-order valence-electron chi connectivity index (χ1n) is 6.35. The summed E-state index contributed by atoms with van der Waals surface area (Å²) in [5.41, 5.74) is -0.313. The fraction of sp³-hybridized carbons (Fsp3) is 0.538. The van der Waals surface area contributed by atoms with Gasteiger partial charge in [-0.05, 0) is 25.0 Å². The molecule has 0 aromatic carbocycles. The summed E-state index contributed by atoms with van der Waals surface area (Å²) in [6, 6.07) is 2.84. The Bertz CT molecular complexity index is 469. The Labute approximate surface area is 105 Å². The van der Waals surface area contributed by atoms with Gasteiger partial charge < -0.3 is 15.4 Å². The molecule has 98 valence electrons. The average molecular weight is 250 g/mol. The summed E-state index contributed by atoms with van der Waals surface area (Å²) in [7, 11) is 0. The van der Waals surface area contributed by atoms with Gasteiger partial charge in [0.15, 0.2) is 0 Å². The minimum atomic E-state index is -0.515. The van der Waals surface area contributed by atoms with Crippen LogP contribution in [0.1, 0.15) is 42.5 Å². The molecule has 5 nitrogen and oxygen atoms in total. The summed E-state index contributed by atoms with van der Waals surface area (Å²) in [5.74, 6) is -0.414. The summed E-state index contributed by atoms with van der Waals surface area (Å²) >= 11 is 0.